The van der Waals surface area contributed by atoms with Crippen LogP contribution in [-0.4, -0.2) is 64.5 Å². The first-order chi connectivity index (χ1) is 17.5. The lowest BCUT2D eigenvalue weighted by molar-refractivity contribution is -0.375. The summed E-state index contributed by atoms with van der Waals surface area (Å²) in [4.78, 5) is 38.5. The summed E-state index contributed by atoms with van der Waals surface area (Å²) >= 11 is 1.40. The minimum atomic E-state index is -1.50. The van der Waals surface area contributed by atoms with Gasteiger partial charge in [0, 0.05) is 11.3 Å². The van der Waals surface area contributed by atoms with Crippen molar-refractivity contribution < 1.29 is 33.4 Å². The van der Waals surface area contributed by atoms with Gasteiger partial charge in [0.15, 0.2) is 0 Å². The molecular weight excluding hydrogens is 484 g/mol. The lowest BCUT2D eigenvalue weighted by Crippen LogP contribution is -2.82. The Morgan fingerprint density at radius 1 is 1.17 bits per heavy atom. The standard InChI is InChI=1S/C26H38N2O7S/c1-3-5-7-9-14-34-26(35-15-10-8-6-4-2)23(27-21(30)16-20-12-11-13-33-20)24-28(26)22(25(31)32)19(17-29)18-36-24/h11-13,17,23-24H,3-10,14-16,18H2,1-2H3,(H,27,30)(H,31,32)/t23?,24-/m1/s1. The highest BCUT2D eigenvalue weighted by Crippen LogP contribution is 2.51. The van der Waals surface area contributed by atoms with E-state index >= 15 is 0 Å². The molecule has 1 amide bonds. The van der Waals surface area contributed by atoms with Crippen molar-refractivity contribution in [3.05, 3.63) is 35.4 Å². The second-order valence-electron chi connectivity index (χ2n) is 9.12. The van der Waals surface area contributed by atoms with E-state index in [0.717, 1.165) is 51.4 Å². The summed E-state index contributed by atoms with van der Waals surface area (Å²) in [5, 5.41) is 12.6. The molecule has 36 heavy (non-hydrogen) atoms. The molecule has 200 valence electrons. The Morgan fingerprint density at radius 3 is 2.36 bits per heavy atom. The maximum Gasteiger partial charge on any atom is 0.352 e. The number of amides is 1. The van der Waals surface area contributed by atoms with Crippen LogP contribution >= 0.6 is 11.8 Å². The Balaban J connectivity index is 1.88. The minimum Gasteiger partial charge on any atom is -0.477 e. The highest BCUT2D eigenvalue weighted by Gasteiger charge is 2.67. The van der Waals surface area contributed by atoms with E-state index in [1.165, 1.54) is 18.0 Å². The van der Waals surface area contributed by atoms with Gasteiger partial charge in [-0.1, -0.05) is 52.4 Å². The Bertz CT molecular complexity index is 888. The zero-order valence-corrected chi connectivity index (χ0v) is 22.0. The van der Waals surface area contributed by atoms with Gasteiger partial charge in [0.2, 0.25) is 5.91 Å². The third kappa shape index (κ3) is 6.52. The summed E-state index contributed by atoms with van der Waals surface area (Å²) in [5.74, 6) is -2.22. The Hall–Kier alpha value is -2.30. The molecule has 1 aromatic heterocycles. The van der Waals surface area contributed by atoms with Crippen LogP contribution in [0.1, 0.15) is 71.0 Å². The molecule has 2 aliphatic heterocycles. The molecule has 3 heterocycles. The van der Waals surface area contributed by atoms with Crippen LogP contribution in [0.2, 0.25) is 0 Å². The van der Waals surface area contributed by atoms with E-state index in [1.54, 1.807) is 17.0 Å². The second-order valence-corrected chi connectivity index (χ2v) is 10.2. The third-order valence-corrected chi connectivity index (χ3v) is 7.72. The zero-order valence-electron chi connectivity index (χ0n) is 21.2. The Kier molecular flexibility index (Phi) is 10.9. The predicted molar refractivity (Wildman–Crippen MR) is 136 cm³/mol. The second kappa shape index (κ2) is 13.9. The molecule has 9 nitrogen and oxygen atoms in total. The number of carbonyl (C=O) groups excluding carboxylic acids is 2. The van der Waals surface area contributed by atoms with Crippen molar-refractivity contribution in [2.45, 2.75) is 89.0 Å². The van der Waals surface area contributed by atoms with Crippen molar-refractivity contribution in [3.8, 4) is 0 Å². The first kappa shape index (κ1) is 28.3. The Morgan fingerprint density at radius 2 is 1.83 bits per heavy atom. The highest BCUT2D eigenvalue weighted by atomic mass is 32.2. The first-order valence-corrected chi connectivity index (χ1v) is 14.0. The lowest BCUT2D eigenvalue weighted by Gasteiger charge is -2.63. The third-order valence-electron chi connectivity index (χ3n) is 6.41. The van der Waals surface area contributed by atoms with E-state index in [2.05, 4.69) is 19.2 Å². The fourth-order valence-corrected chi connectivity index (χ4v) is 5.96. The summed E-state index contributed by atoms with van der Waals surface area (Å²) in [5.41, 5.74) is 0.0602. The minimum absolute atomic E-state index is 0.0468. The van der Waals surface area contributed by atoms with Crippen molar-refractivity contribution >= 4 is 29.9 Å². The van der Waals surface area contributed by atoms with Crippen LogP contribution in [-0.2, 0) is 30.3 Å². The topological polar surface area (TPSA) is 118 Å². The van der Waals surface area contributed by atoms with Crippen LogP contribution in [0.5, 0.6) is 0 Å². The van der Waals surface area contributed by atoms with Gasteiger partial charge in [-0.05, 0) is 25.0 Å². The van der Waals surface area contributed by atoms with E-state index in [4.69, 9.17) is 13.9 Å². The van der Waals surface area contributed by atoms with Crippen molar-refractivity contribution in [1.29, 1.82) is 0 Å². The van der Waals surface area contributed by atoms with Crippen LogP contribution in [0.25, 0.3) is 0 Å². The van der Waals surface area contributed by atoms with E-state index in [0.29, 0.717) is 25.3 Å². The van der Waals surface area contributed by atoms with Gasteiger partial charge in [-0.15, -0.1) is 11.8 Å². The van der Waals surface area contributed by atoms with Gasteiger partial charge in [-0.3, -0.25) is 14.5 Å². The number of nitrogens with one attached hydrogen (secondary N) is 1. The molecule has 1 aromatic rings. The number of fused-ring (bicyclic) bond motifs is 1. The largest absolute Gasteiger partial charge is 0.477 e. The van der Waals surface area contributed by atoms with Crippen LogP contribution in [0, 0.1) is 0 Å². The summed E-state index contributed by atoms with van der Waals surface area (Å²) in [7, 11) is 0. The van der Waals surface area contributed by atoms with Gasteiger partial charge < -0.3 is 24.3 Å². The number of ether oxygens (including phenoxy) is 2. The van der Waals surface area contributed by atoms with Crippen molar-refractivity contribution in [1.82, 2.24) is 10.2 Å². The molecule has 0 spiro atoms. The summed E-state index contributed by atoms with van der Waals surface area (Å²) < 4.78 is 18.0. The number of hydrogen-bond donors (Lipinski definition) is 2. The van der Waals surface area contributed by atoms with Gasteiger partial charge in [-0.25, -0.2) is 4.79 Å². The SMILES string of the molecule is CCCCCCOC1(OCCCCCC)C(NC(=O)Cc2ccco2)[C@H]2SCC(C=O)=C(C(=O)O)N21. The average Bonchev–Trinajstić information content (AvgIpc) is 3.38. The number of rotatable bonds is 17. The Labute approximate surface area is 216 Å². The molecule has 2 aliphatic rings. The van der Waals surface area contributed by atoms with E-state index < -0.39 is 23.3 Å². The van der Waals surface area contributed by atoms with Gasteiger partial charge in [0.25, 0.3) is 5.91 Å². The first-order valence-electron chi connectivity index (χ1n) is 12.9. The average molecular weight is 523 g/mol. The van der Waals surface area contributed by atoms with Crippen LogP contribution in [0.15, 0.2) is 34.1 Å². The number of carbonyl (C=O) groups is 3. The number of nitrogens with zero attached hydrogens (tertiary/aromatic N) is 1. The lowest BCUT2D eigenvalue weighted by atomic mass is 9.97. The zero-order chi connectivity index (χ0) is 26.0. The maximum atomic E-state index is 12.9. The van der Waals surface area contributed by atoms with Crippen molar-refractivity contribution in [3.63, 3.8) is 0 Å². The monoisotopic (exact) mass is 522 g/mol. The molecule has 10 heteroatoms. The van der Waals surface area contributed by atoms with E-state index in [-0.39, 0.29) is 29.4 Å². The van der Waals surface area contributed by atoms with Gasteiger partial charge in [0.05, 0.1) is 25.9 Å². The number of unbranched alkanes of at least 4 members (excludes halogenated alkanes) is 6. The van der Waals surface area contributed by atoms with Gasteiger partial charge in [-0.2, -0.15) is 0 Å². The molecule has 1 saturated heterocycles. The molecule has 0 radical (unpaired) electrons. The molecule has 2 atom stereocenters. The normalized spacial score (nSPS) is 20.6. The molecule has 3 rings (SSSR count). The maximum absolute atomic E-state index is 12.9. The molecule has 0 bridgehead atoms. The number of thioether (sulfide) groups is 1. The van der Waals surface area contributed by atoms with Crippen molar-refractivity contribution in [2.75, 3.05) is 19.0 Å². The molecule has 1 fully saturated rings. The molecule has 0 saturated carbocycles. The number of aliphatic carboxylic acids is 1. The van der Waals surface area contributed by atoms with Crippen molar-refractivity contribution in [2.24, 2.45) is 0 Å². The van der Waals surface area contributed by atoms with E-state index in [9.17, 15) is 19.5 Å². The predicted octanol–water partition coefficient (Wildman–Crippen LogP) is 4.08. The molecule has 0 aliphatic carbocycles. The van der Waals surface area contributed by atoms with Crippen LogP contribution < -0.4 is 5.32 Å². The summed E-state index contributed by atoms with van der Waals surface area (Å²) in [6.45, 7) is 4.94. The fraction of sp³-hybridized carbons (Fsp3) is 0.654. The van der Waals surface area contributed by atoms with E-state index in [1.807, 2.05) is 0 Å². The highest BCUT2D eigenvalue weighted by molar-refractivity contribution is 8.00. The van der Waals surface area contributed by atoms with Crippen LogP contribution in [0.4, 0.5) is 0 Å². The summed E-state index contributed by atoms with van der Waals surface area (Å²) in [6.07, 6.45) is 9.92. The molecule has 2 N–H and O–H groups in total. The number of carboxylic acids is 1. The number of furan rings is 1. The number of carboxylic acid groups (broad SMARTS) is 1. The number of hydrogen-bond acceptors (Lipinski definition) is 8. The number of aldehydes is 1. The molecule has 0 aromatic carbocycles. The molecule has 1 unspecified atom stereocenters. The smallest absolute Gasteiger partial charge is 0.352 e. The fourth-order valence-electron chi connectivity index (χ4n) is 4.57. The quantitative estimate of drug-likeness (QED) is 0.177. The summed E-state index contributed by atoms with van der Waals surface area (Å²) in [6, 6.07) is 2.83. The van der Waals surface area contributed by atoms with Crippen LogP contribution in [0.3, 0.4) is 0 Å². The van der Waals surface area contributed by atoms with Gasteiger partial charge >= 0.3 is 5.97 Å². The molecular formula is C26H38N2O7S. The van der Waals surface area contributed by atoms with Gasteiger partial charge in [0.1, 0.15) is 29.2 Å².